The van der Waals surface area contributed by atoms with Crippen molar-refractivity contribution in [3.8, 4) is 16.3 Å². The van der Waals surface area contributed by atoms with Gasteiger partial charge in [-0.25, -0.2) is 4.98 Å². The van der Waals surface area contributed by atoms with Crippen molar-refractivity contribution < 1.29 is 14.6 Å². The van der Waals surface area contributed by atoms with Crippen molar-refractivity contribution >= 4 is 33.2 Å². The Hall–Kier alpha value is -1.40. The molecule has 6 heteroatoms. The summed E-state index contributed by atoms with van der Waals surface area (Å²) in [5, 5.41) is 10.2. The van der Waals surface area contributed by atoms with E-state index in [4.69, 9.17) is 4.74 Å². The summed E-state index contributed by atoms with van der Waals surface area (Å²) in [6.45, 7) is 0. The molecule has 3 rings (SSSR count). The zero-order valence-corrected chi connectivity index (χ0v) is 13.8. The van der Waals surface area contributed by atoms with Crippen molar-refractivity contribution in [2.75, 3.05) is 7.11 Å². The third kappa shape index (κ3) is 2.70. The van der Waals surface area contributed by atoms with Crippen LogP contribution in [-0.2, 0) is 11.2 Å². The zero-order valence-electron chi connectivity index (χ0n) is 11.4. The molecule has 110 valence electrons. The Balaban J connectivity index is 2.09. The summed E-state index contributed by atoms with van der Waals surface area (Å²) >= 11 is 5.03. The lowest BCUT2D eigenvalue weighted by atomic mass is 9.91. The van der Waals surface area contributed by atoms with Crippen LogP contribution < -0.4 is 4.74 Å². The largest absolute Gasteiger partial charge is 0.496 e. The van der Waals surface area contributed by atoms with Crippen molar-refractivity contribution in [1.82, 2.24) is 4.98 Å². The number of aromatic nitrogens is 1. The number of thiazole rings is 1. The van der Waals surface area contributed by atoms with Crippen LogP contribution in [0.3, 0.4) is 0 Å². The number of rotatable bonds is 3. The van der Waals surface area contributed by atoms with Crippen molar-refractivity contribution in [1.29, 1.82) is 0 Å². The molecule has 4 nitrogen and oxygen atoms in total. The maximum Gasteiger partial charge on any atom is 0.312 e. The van der Waals surface area contributed by atoms with Gasteiger partial charge in [-0.15, -0.1) is 11.3 Å². The van der Waals surface area contributed by atoms with Gasteiger partial charge in [0.05, 0.1) is 24.3 Å². The Kier molecular flexibility index (Phi) is 3.99. The van der Waals surface area contributed by atoms with E-state index < -0.39 is 11.9 Å². The average Bonchev–Trinajstić information content (AvgIpc) is 2.90. The fourth-order valence-electron chi connectivity index (χ4n) is 2.62. The van der Waals surface area contributed by atoms with E-state index in [1.165, 1.54) is 0 Å². The third-order valence-electron chi connectivity index (χ3n) is 3.64. The number of benzene rings is 1. The van der Waals surface area contributed by atoms with Crippen molar-refractivity contribution in [3.63, 3.8) is 0 Å². The molecular weight excluding hydrogens is 354 g/mol. The first-order valence-electron chi connectivity index (χ1n) is 6.66. The average molecular weight is 368 g/mol. The van der Waals surface area contributed by atoms with Crippen molar-refractivity contribution in [2.45, 2.75) is 25.2 Å². The van der Waals surface area contributed by atoms with Crippen LogP contribution in [0.25, 0.3) is 10.6 Å². The molecule has 1 aliphatic carbocycles. The Bertz CT molecular complexity index is 698. The van der Waals surface area contributed by atoms with Gasteiger partial charge in [0.2, 0.25) is 0 Å². The van der Waals surface area contributed by atoms with Crippen molar-refractivity contribution in [3.05, 3.63) is 33.2 Å². The van der Waals surface area contributed by atoms with Gasteiger partial charge in [-0.1, -0.05) is 15.9 Å². The molecule has 0 spiro atoms. The van der Waals surface area contributed by atoms with E-state index in [0.29, 0.717) is 6.42 Å². The monoisotopic (exact) mass is 367 g/mol. The van der Waals surface area contributed by atoms with E-state index in [2.05, 4.69) is 20.9 Å². The van der Waals surface area contributed by atoms with Crippen LogP contribution >= 0.6 is 27.3 Å². The zero-order chi connectivity index (χ0) is 15.0. The molecule has 1 heterocycles. The first kappa shape index (κ1) is 14.5. The highest BCUT2D eigenvalue weighted by atomic mass is 79.9. The summed E-state index contributed by atoms with van der Waals surface area (Å²) in [5.74, 6) is -0.512. The Morgan fingerprint density at radius 1 is 1.52 bits per heavy atom. The maximum absolute atomic E-state index is 11.4. The highest BCUT2D eigenvalue weighted by Crippen LogP contribution is 2.41. The van der Waals surface area contributed by atoms with Gasteiger partial charge in [0.25, 0.3) is 0 Å². The van der Waals surface area contributed by atoms with E-state index in [1.54, 1.807) is 18.4 Å². The SMILES string of the molecule is COc1ccc(Br)cc1-c1nc2c(s1)CCCC2C(=O)O. The van der Waals surface area contributed by atoms with Gasteiger partial charge in [0, 0.05) is 9.35 Å². The summed E-state index contributed by atoms with van der Waals surface area (Å²) in [6, 6.07) is 5.75. The molecule has 1 atom stereocenters. The van der Waals surface area contributed by atoms with Crippen LogP contribution in [0, 0.1) is 0 Å². The summed E-state index contributed by atoms with van der Waals surface area (Å²) in [5.41, 5.74) is 1.63. The lowest BCUT2D eigenvalue weighted by Gasteiger charge is -2.16. The van der Waals surface area contributed by atoms with E-state index in [1.807, 2.05) is 18.2 Å². The molecule has 1 N–H and O–H groups in total. The Labute approximate surface area is 134 Å². The predicted molar refractivity (Wildman–Crippen MR) is 85.1 cm³/mol. The maximum atomic E-state index is 11.4. The van der Waals surface area contributed by atoms with Crippen LogP contribution in [0.5, 0.6) is 5.75 Å². The molecule has 0 radical (unpaired) electrons. The number of ether oxygens (including phenoxy) is 1. The van der Waals surface area contributed by atoms with Crippen LogP contribution in [0.4, 0.5) is 0 Å². The minimum absolute atomic E-state index is 0.475. The van der Waals surface area contributed by atoms with Crippen LogP contribution in [-0.4, -0.2) is 23.2 Å². The molecule has 0 saturated carbocycles. The van der Waals surface area contributed by atoms with Gasteiger partial charge in [-0.05, 0) is 37.5 Å². The molecule has 2 aromatic rings. The number of fused-ring (bicyclic) bond motifs is 1. The van der Waals surface area contributed by atoms with Crippen LogP contribution in [0.1, 0.15) is 29.3 Å². The number of aliphatic carboxylic acids is 1. The standard InChI is InChI=1S/C15H14BrNO3S/c1-20-11-6-5-8(16)7-10(11)14-17-13-9(15(18)19)3-2-4-12(13)21-14/h5-7,9H,2-4H2,1H3,(H,18,19). The smallest absolute Gasteiger partial charge is 0.312 e. The predicted octanol–water partition coefficient (Wildman–Crippen LogP) is 4.09. The van der Waals surface area contributed by atoms with Gasteiger partial charge in [0.15, 0.2) is 0 Å². The van der Waals surface area contributed by atoms with E-state index in [9.17, 15) is 9.90 Å². The minimum atomic E-state index is -0.783. The number of halogens is 1. The number of carboxylic acid groups (broad SMARTS) is 1. The van der Waals surface area contributed by atoms with E-state index in [-0.39, 0.29) is 0 Å². The van der Waals surface area contributed by atoms with Gasteiger partial charge in [-0.3, -0.25) is 4.79 Å². The molecule has 21 heavy (non-hydrogen) atoms. The normalized spacial score (nSPS) is 17.3. The van der Waals surface area contributed by atoms with Gasteiger partial charge in [-0.2, -0.15) is 0 Å². The number of carbonyl (C=O) groups is 1. The first-order chi connectivity index (χ1) is 10.1. The molecule has 0 bridgehead atoms. The van der Waals surface area contributed by atoms with Crippen molar-refractivity contribution in [2.24, 2.45) is 0 Å². The Morgan fingerprint density at radius 2 is 2.33 bits per heavy atom. The van der Waals surface area contributed by atoms with Crippen LogP contribution in [0.2, 0.25) is 0 Å². The lowest BCUT2D eigenvalue weighted by molar-refractivity contribution is -0.139. The number of hydrogen-bond acceptors (Lipinski definition) is 4. The summed E-state index contributed by atoms with van der Waals surface area (Å²) in [4.78, 5) is 17.1. The molecule has 0 aliphatic heterocycles. The molecule has 0 saturated heterocycles. The number of carboxylic acids is 1. The molecule has 1 aliphatic rings. The fourth-order valence-corrected chi connectivity index (χ4v) is 4.17. The highest BCUT2D eigenvalue weighted by Gasteiger charge is 2.30. The molecule has 0 fully saturated rings. The van der Waals surface area contributed by atoms with E-state index >= 15 is 0 Å². The second-order valence-electron chi connectivity index (χ2n) is 4.96. The lowest BCUT2D eigenvalue weighted by Crippen LogP contribution is -2.17. The molecular formula is C15H14BrNO3S. The minimum Gasteiger partial charge on any atom is -0.496 e. The number of aryl methyl sites for hydroxylation is 1. The second kappa shape index (κ2) is 5.77. The summed E-state index contributed by atoms with van der Waals surface area (Å²) < 4.78 is 6.34. The number of nitrogens with zero attached hydrogens (tertiary/aromatic N) is 1. The van der Waals surface area contributed by atoms with Gasteiger partial charge in [0.1, 0.15) is 10.8 Å². The second-order valence-corrected chi connectivity index (χ2v) is 6.95. The van der Waals surface area contributed by atoms with Gasteiger partial charge < -0.3 is 9.84 Å². The first-order valence-corrected chi connectivity index (χ1v) is 8.27. The number of hydrogen-bond donors (Lipinski definition) is 1. The molecule has 1 aromatic carbocycles. The molecule has 0 amide bonds. The topological polar surface area (TPSA) is 59.4 Å². The fraction of sp³-hybridized carbons (Fsp3) is 0.333. The van der Waals surface area contributed by atoms with E-state index in [0.717, 1.165) is 44.2 Å². The Morgan fingerprint density at radius 3 is 3.05 bits per heavy atom. The third-order valence-corrected chi connectivity index (χ3v) is 5.30. The summed E-state index contributed by atoms with van der Waals surface area (Å²) in [6.07, 6.45) is 2.48. The molecule has 1 unspecified atom stereocenters. The highest BCUT2D eigenvalue weighted by molar-refractivity contribution is 9.10. The quantitative estimate of drug-likeness (QED) is 0.887. The van der Waals surface area contributed by atoms with Gasteiger partial charge >= 0.3 is 5.97 Å². The van der Waals surface area contributed by atoms with Crippen LogP contribution in [0.15, 0.2) is 22.7 Å². The molecule has 1 aromatic heterocycles. The number of methoxy groups -OCH3 is 1. The summed E-state index contributed by atoms with van der Waals surface area (Å²) in [7, 11) is 1.63.